The van der Waals surface area contributed by atoms with Gasteiger partial charge in [0.2, 0.25) is 11.8 Å². The molecule has 1 saturated carbocycles. The van der Waals surface area contributed by atoms with Crippen LogP contribution < -0.4 is 10.6 Å². The number of amides is 2. The molecule has 1 heterocycles. The molecule has 0 radical (unpaired) electrons. The van der Waals surface area contributed by atoms with Crippen molar-refractivity contribution in [3.63, 3.8) is 0 Å². The summed E-state index contributed by atoms with van der Waals surface area (Å²) in [6.07, 6.45) is 5.82. The van der Waals surface area contributed by atoms with Gasteiger partial charge in [-0.15, -0.1) is 0 Å². The third-order valence-electron chi connectivity index (χ3n) is 6.14. The maximum Gasteiger partial charge on any atom is 0.233 e. The Labute approximate surface area is 180 Å². The highest BCUT2D eigenvalue weighted by atomic mass is 35.5. The van der Waals surface area contributed by atoms with Gasteiger partial charge < -0.3 is 10.6 Å². The van der Waals surface area contributed by atoms with Gasteiger partial charge >= 0.3 is 0 Å². The number of rotatable bonds is 6. The minimum atomic E-state index is -0.143. The van der Waals surface area contributed by atoms with Gasteiger partial charge in [-0.2, -0.15) is 0 Å². The van der Waals surface area contributed by atoms with Crippen molar-refractivity contribution < 1.29 is 9.59 Å². The van der Waals surface area contributed by atoms with Crippen molar-refractivity contribution in [1.82, 2.24) is 15.5 Å². The number of nitrogens with zero attached hydrogens (tertiary/aromatic N) is 2. The number of likely N-dealkylation sites (tertiary alicyclic amines) is 1. The van der Waals surface area contributed by atoms with Crippen LogP contribution in [0.15, 0.2) is 35.3 Å². The third-order valence-corrected chi connectivity index (χ3v) is 6.85. The molecule has 2 N–H and O–H groups in total. The second kappa shape index (κ2) is 8.36. The van der Waals surface area contributed by atoms with Crippen LogP contribution in [0.5, 0.6) is 0 Å². The van der Waals surface area contributed by atoms with E-state index in [1.165, 1.54) is 4.90 Å². The largest absolute Gasteiger partial charge is 0.356 e. The van der Waals surface area contributed by atoms with Crippen LogP contribution in [0.2, 0.25) is 10.0 Å². The maximum absolute atomic E-state index is 12.7. The summed E-state index contributed by atoms with van der Waals surface area (Å²) < 4.78 is 0. The first-order valence-corrected chi connectivity index (χ1v) is 10.7. The number of imide groups is 1. The molecular formula is C21H24Cl2N4O2. The molecule has 2 amide bonds. The molecule has 1 saturated heterocycles. The lowest BCUT2D eigenvalue weighted by atomic mass is 9.85. The zero-order valence-electron chi connectivity index (χ0n) is 16.2. The van der Waals surface area contributed by atoms with Gasteiger partial charge in [0.15, 0.2) is 5.96 Å². The van der Waals surface area contributed by atoms with Gasteiger partial charge in [-0.05, 0) is 42.4 Å². The van der Waals surface area contributed by atoms with Crippen molar-refractivity contribution in [1.29, 1.82) is 0 Å². The van der Waals surface area contributed by atoms with Gasteiger partial charge in [0.25, 0.3) is 0 Å². The number of halogens is 2. The monoisotopic (exact) mass is 434 g/mol. The maximum atomic E-state index is 12.7. The number of carbonyl (C=O) groups is 2. The lowest BCUT2D eigenvalue weighted by Gasteiger charge is -2.18. The topological polar surface area (TPSA) is 73.8 Å². The summed E-state index contributed by atoms with van der Waals surface area (Å²) in [5.74, 6) is 0.765. The average Bonchev–Trinajstić information content (AvgIpc) is 3.38. The predicted octanol–water partition coefficient (Wildman–Crippen LogP) is 2.51. The molecule has 1 aliphatic heterocycles. The average molecular weight is 435 g/mol. The highest BCUT2D eigenvalue weighted by Crippen LogP contribution is 2.52. The molecular weight excluding hydrogens is 411 g/mol. The minimum absolute atomic E-state index is 0.0186. The lowest BCUT2D eigenvalue weighted by molar-refractivity contribution is -0.140. The molecule has 2 bridgehead atoms. The minimum Gasteiger partial charge on any atom is -0.356 e. The van der Waals surface area contributed by atoms with Crippen LogP contribution in [0, 0.1) is 23.7 Å². The Morgan fingerprint density at radius 3 is 2.24 bits per heavy atom. The standard InChI is InChI=1S/C21H24Cl2N4O2/c1-24-21(25-8-7-14-15(22)3-2-4-16(14)23)26-9-10-27-19(28)17-12-5-6-13(11-12)18(17)20(27)29/h2-6,12-13,17-18H,7-11H2,1H3,(H2,24,25,26). The fraction of sp³-hybridized carbons (Fsp3) is 0.476. The molecule has 0 aromatic heterocycles. The number of hydrogen-bond acceptors (Lipinski definition) is 3. The molecule has 29 heavy (non-hydrogen) atoms. The van der Waals surface area contributed by atoms with Crippen LogP contribution in [0.4, 0.5) is 0 Å². The van der Waals surface area contributed by atoms with E-state index in [1.807, 2.05) is 18.2 Å². The van der Waals surface area contributed by atoms with E-state index in [2.05, 4.69) is 27.8 Å². The van der Waals surface area contributed by atoms with Crippen molar-refractivity contribution in [2.45, 2.75) is 12.8 Å². The van der Waals surface area contributed by atoms with Gasteiger partial charge in [0.05, 0.1) is 11.8 Å². The van der Waals surface area contributed by atoms with E-state index >= 15 is 0 Å². The van der Waals surface area contributed by atoms with Crippen LogP contribution in [-0.2, 0) is 16.0 Å². The molecule has 3 aliphatic rings. The molecule has 4 rings (SSSR count). The SMILES string of the molecule is CN=C(NCCc1c(Cl)cccc1Cl)NCCN1C(=O)C2C3C=CC(C3)C2C1=O. The van der Waals surface area contributed by atoms with Gasteiger partial charge in [-0.1, -0.05) is 41.4 Å². The van der Waals surface area contributed by atoms with E-state index in [4.69, 9.17) is 23.2 Å². The number of guanidine groups is 1. The van der Waals surface area contributed by atoms with Crippen molar-refractivity contribution in [2.75, 3.05) is 26.7 Å². The Hall–Kier alpha value is -2.05. The molecule has 8 heteroatoms. The molecule has 4 atom stereocenters. The quantitative estimate of drug-likeness (QED) is 0.312. The van der Waals surface area contributed by atoms with E-state index in [0.717, 1.165) is 12.0 Å². The van der Waals surface area contributed by atoms with Crippen molar-refractivity contribution in [3.8, 4) is 0 Å². The number of benzene rings is 1. The van der Waals surface area contributed by atoms with Crippen LogP contribution in [-0.4, -0.2) is 49.4 Å². The second-order valence-corrected chi connectivity index (χ2v) is 8.52. The highest BCUT2D eigenvalue weighted by molar-refractivity contribution is 6.36. The summed E-state index contributed by atoms with van der Waals surface area (Å²) >= 11 is 12.4. The van der Waals surface area contributed by atoms with Crippen LogP contribution in [0.1, 0.15) is 12.0 Å². The van der Waals surface area contributed by atoms with Crippen molar-refractivity contribution in [3.05, 3.63) is 46.0 Å². The fourth-order valence-electron chi connectivity index (χ4n) is 4.77. The highest BCUT2D eigenvalue weighted by Gasteiger charge is 2.58. The number of nitrogens with one attached hydrogen (secondary N) is 2. The Balaban J connectivity index is 1.25. The first kappa shape index (κ1) is 20.2. The van der Waals surface area contributed by atoms with Gasteiger partial charge in [0, 0.05) is 36.7 Å². The van der Waals surface area contributed by atoms with Crippen molar-refractivity contribution >= 4 is 41.0 Å². The Kier molecular flexibility index (Phi) is 5.83. The first-order valence-electron chi connectivity index (χ1n) is 9.92. The molecule has 2 aliphatic carbocycles. The van der Waals surface area contributed by atoms with E-state index in [1.54, 1.807) is 7.05 Å². The van der Waals surface area contributed by atoms with Crippen LogP contribution in [0.25, 0.3) is 0 Å². The number of fused-ring (bicyclic) bond motifs is 5. The number of hydrogen-bond donors (Lipinski definition) is 2. The summed E-state index contributed by atoms with van der Waals surface area (Å²) in [5, 5.41) is 7.66. The normalized spacial score (nSPS) is 27.7. The Morgan fingerprint density at radius 2 is 1.66 bits per heavy atom. The summed E-state index contributed by atoms with van der Waals surface area (Å²) in [4.78, 5) is 31.0. The summed E-state index contributed by atoms with van der Waals surface area (Å²) in [7, 11) is 1.68. The lowest BCUT2D eigenvalue weighted by Crippen LogP contribution is -2.44. The zero-order chi connectivity index (χ0) is 20.5. The summed E-state index contributed by atoms with van der Waals surface area (Å²) in [5.41, 5.74) is 0.891. The van der Waals surface area contributed by atoms with Crippen LogP contribution in [0.3, 0.4) is 0 Å². The van der Waals surface area contributed by atoms with Gasteiger partial charge in [-0.25, -0.2) is 0 Å². The van der Waals surface area contributed by atoms with Crippen LogP contribution >= 0.6 is 23.2 Å². The van der Waals surface area contributed by atoms with Gasteiger partial charge in [0.1, 0.15) is 0 Å². The number of allylic oxidation sites excluding steroid dienone is 2. The Bertz CT molecular complexity index is 835. The van der Waals surface area contributed by atoms with E-state index in [0.29, 0.717) is 42.1 Å². The molecule has 6 nitrogen and oxygen atoms in total. The smallest absolute Gasteiger partial charge is 0.233 e. The predicted molar refractivity (Wildman–Crippen MR) is 114 cm³/mol. The molecule has 4 unspecified atom stereocenters. The molecule has 0 spiro atoms. The van der Waals surface area contributed by atoms with E-state index < -0.39 is 0 Å². The van der Waals surface area contributed by atoms with Gasteiger partial charge in [-0.3, -0.25) is 19.5 Å². The summed E-state index contributed by atoms with van der Waals surface area (Å²) in [6.45, 7) is 1.40. The second-order valence-electron chi connectivity index (χ2n) is 7.70. The third kappa shape index (κ3) is 3.76. The van der Waals surface area contributed by atoms with E-state index in [9.17, 15) is 9.59 Å². The number of aliphatic imine (C=N–C) groups is 1. The zero-order valence-corrected chi connectivity index (χ0v) is 17.7. The summed E-state index contributed by atoms with van der Waals surface area (Å²) in [6, 6.07) is 5.45. The van der Waals surface area contributed by atoms with Crippen molar-refractivity contribution in [2.24, 2.45) is 28.7 Å². The fourth-order valence-corrected chi connectivity index (χ4v) is 5.35. The Morgan fingerprint density at radius 1 is 1.07 bits per heavy atom. The first-order chi connectivity index (χ1) is 14.0. The van der Waals surface area contributed by atoms with E-state index in [-0.39, 0.29) is 35.5 Å². The molecule has 1 aromatic carbocycles. The molecule has 2 fully saturated rings. The number of carbonyl (C=O) groups excluding carboxylic acids is 2. The molecule has 1 aromatic rings. The molecule has 154 valence electrons.